The minimum atomic E-state index is -3.66. The van der Waals surface area contributed by atoms with Crippen LogP contribution in [0.25, 0.3) is 0 Å². The normalized spacial score (nSPS) is 23.0. The van der Waals surface area contributed by atoms with Gasteiger partial charge in [-0.15, -0.1) is 0 Å². The first-order valence-corrected chi connectivity index (χ1v) is 15.4. The Kier molecular flexibility index (Phi) is 9.82. The summed E-state index contributed by atoms with van der Waals surface area (Å²) < 4.78 is 39.0. The van der Waals surface area contributed by atoms with E-state index in [0.29, 0.717) is 64.2 Å². The Morgan fingerprint density at radius 2 is 1.79 bits per heavy atom. The molecule has 1 atom stereocenters. The van der Waals surface area contributed by atoms with E-state index in [1.807, 2.05) is 19.1 Å². The monoisotopic (exact) mass is 575 g/mol. The summed E-state index contributed by atoms with van der Waals surface area (Å²) in [5.41, 5.74) is 6.80. The molecule has 0 spiro atoms. The van der Waals surface area contributed by atoms with Crippen molar-refractivity contribution in [2.75, 3.05) is 62.8 Å². The van der Waals surface area contributed by atoms with Gasteiger partial charge in [-0.3, -0.25) is 5.43 Å². The molecule has 0 amide bonds. The van der Waals surface area contributed by atoms with Gasteiger partial charge in [-0.1, -0.05) is 31.6 Å². The molecule has 214 valence electrons. The van der Waals surface area contributed by atoms with E-state index >= 15 is 0 Å². The lowest BCUT2D eigenvalue weighted by molar-refractivity contribution is 0.0730. The van der Waals surface area contributed by atoms with Gasteiger partial charge in [-0.25, -0.2) is 8.42 Å². The molecular formula is C28H41N5O4S2. The highest BCUT2D eigenvalue weighted by Crippen LogP contribution is 2.41. The van der Waals surface area contributed by atoms with Crippen LogP contribution in [0.2, 0.25) is 0 Å². The lowest BCUT2D eigenvalue weighted by Gasteiger charge is -2.36. The second-order valence-corrected chi connectivity index (χ2v) is 13.3. The molecule has 4 rings (SSSR count). The molecule has 2 aliphatic heterocycles. The summed E-state index contributed by atoms with van der Waals surface area (Å²) in [5, 5.41) is 7.93. The Labute approximate surface area is 238 Å². The fourth-order valence-corrected chi connectivity index (χ4v) is 6.93. The molecule has 0 aromatic heterocycles. The van der Waals surface area contributed by atoms with Crippen molar-refractivity contribution in [1.29, 1.82) is 0 Å². The molecule has 0 saturated carbocycles. The van der Waals surface area contributed by atoms with E-state index < -0.39 is 10.0 Å². The minimum Gasteiger partial charge on any atom is -0.379 e. The van der Waals surface area contributed by atoms with Crippen LogP contribution in [0.3, 0.4) is 0 Å². The van der Waals surface area contributed by atoms with Gasteiger partial charge < -0.3 is 19.7 Å². The smallest absolute Gasteiger partial charge is 0.243 e. The van der Waals surface area contributed by atoms with E-state index in [2.05, 4.69) is 53.7 Å². The largest absolute Gasteiger partial charge is 0.379 e. The molecule has 0 bridgehead atoms. The molecule has 1 aliphatic carbocycles. The van der Waals surface area contributed by atoms with E-state index in [4.69, 9.17) is 21.7 Å². The number of hydrogen-bond acceptors (Lipinski definition) is 7. The number of morpholine rings is 2. The van der Waals surface area contributed by atoms with Crippen LogP contribution in [0.5, 0.6) is 0 Å². The van der Waals surface area contributed by atoms with Gasteiger partial charge in [0.2, 0.25) is 10.0 Å². The van der Waals surface area contributed by atoms with Crippen LogP contribution in [-0.2, 0) is 19.5 Å². The highest BCUT2D eigenvalue weighted by atomic mass is 32.2. The Morgan fingerprint density at radius 1 is 1.13 bits per heavy atom. The molecule has 0 radical (unpaired) electrons. The number of nitrogens with one attached hydrogen (secondary N) is 2. The van der Waals surface area contributed by atoms with Gasteiger partial charge in [-0.2, -0.15) is 9.41 Å². The highest BCUT2D eigenvalue weighted by molar-refractivity contribution is 7.89. The lowest BCUT2D eigenvalue weighted by Crippen LogP contribution is -2.40. The molecule has 11 heteroatoms. The SMILES string of the molecule is CC1=CCCC(C)(C)[C@@H]1/C=C/C(C)=N\NC(=S)Nc1cc(S(=O)(=O)N2CCOCC2)ccc1N1CCOCC1. The average Bonchev–Trinajstić information content (AvgIpc) is 2.92. The zero-order chi connectivity index (χ0) is 28.0. The number of benzene rings is 1. The van der Waals surface area contributed by atoms with E-state index in [-0.39, 0.29) is 15.4 Å². The first-order chi connectivity index (χ1) is 18.6. The zero-order valence-corrected chi connectivity index (χ0v) is 25.0. The van der Waals surface area contributed by atoms with Crippen molar-refractivity contribution in [3.63, 3.8) is 0 Å². The molecule has 2 heterocycles. The average molecular weight is 576 g/mol. The number of thiocarbonyl (C=S) groups is 1. The van der Waals surface area contributed by atoms with Gasteiger partial charge in [0.1, 0.15) is 0 Å². The maximum Gasteiger partial charge on any atom is 0.243 e. The number of hydrazone groups is 1. The zero-order valence-electron chi connectivity index (χ0n) is 23.4. The van der Waals surface area contributed by atoms with Crippen molar-refractivity contribution < 1.29 is 17.9 Å². The fourth-order valence-electron chi connectivity index (χ4n) is 5.34. The highest BCUT2D eigenvalue weighted by Gasteiger charge is 2.31. The van der Waals surface area contributed by atoms with Crippen molar-refractivity contribution in [2.45, 2.75) is 45.4 Å². The van der Waals surface area contributed by atoms with E-state index in [0.717, 1.165) is 24.2 Å². The van der Waals surface area contributed by atoms with E-state index in [1.165, 1.54) is 9.88 Å². The van der Waals surface area contributed by atoms with Crippen molar-refractivity contribution in [3.05, 3.63) is 42.0 Å². The Morgan fingerprint density at radius 3 is 2.46 bits per heavy atom. The summed E-state index contributed by atoms with van der Waals surface area (Å²) >= 11 is 5.56. The molecular weight excluding hydrogens is 534 g/mol. The fraction of sp³-hybridized carbons (Fsp3) is 0.571. The first kappa shape index (κ1) is 29.7. The second-order valence-electron chi connectivity index (χ2n) is 10.9. The summed E-state index contributed by atoms with van der Waals surface area (Å²) in [4.78, 5) is 2.38. The predicted molar refractivity (Wildman–Crippen MR) is 161 cm³/mol. The van der Waals surface area contributed by atoms with Crippen molar-refractivity contribution in [2.24, 2.45) is 16.4 Å². The summed E-state index contributed by atoms with van der Waals surface area (Å²) in [6.45, 7) is 12.8. The first-order valence-electron chi connectivity index (χ1n) is 13.6. The summed E-state index contributed by atoms with van der Waals surface area (Å²) in [6, 6.07) is 5.15. The van der Waals surface area contributed by atoms with Gasteiger partial charge in [0.25, 0.3) is 0 Å². The summed E-state index contributed by atoms with van der Waals surface area (Å²) in [7, 11) is -3.66. The third-order valence-corrected chi connectivity index (χ3v) is 9.71. The number of rotatable bonds is 7. The standard InChI is InChI=1S/C28H41N5O4S2/c1-21-6-5-11-28(3,4)24(21)9-7-22(2)30-31-27(38)29-25-20-23(39(34,35)33-14-18-37-19-15-33)8-10-26(25)32-12-16-36-17-13-32/h6-10,20,24H,5,11-19H2,1-4H3,(H2,29,31,38)/b9-7+,30-22-/t24-/m1/s1. The molecule has 0 unspecified atom stereocenters. The van der Waals surface area contributed by atoms with Crippen molar-refractivity contribution in [1.82, 2.24) is 9.73 Å². The molecule has 2 saturated heterocycles. The molecule has 1 aromatic carbocycles. The number of allylic oxidation sites excluding steroid dienone is 4. The Bertz CT molecular complexity index is 1230. The summed E-state index contributed by atoms with van der Waals surface area (Å²) in [5.74, 6) is 0.369. The molecule has 9 nitrogen and oxygen atoms in total. The molecule has 39 heavy (non-hydrogen) atoms. The van der Waals surface area contributed by atoms with Gasteiger partial charge in [0, 0.05) is 32.1 Å². The van der Waals surface area contributed by atoms with Crippen molar-refractivity contribution in [3.8, 4) is 0 Å². The van der Waals surface area contributed by atoms with Crippen LogP contribution in [0.4, 0.5) is 11.4 Å². The van der Waals surface area contributed by atoms with Gasteiger partial charge in [0.15, 0.2) is 5.11 Å². The van der Waals surface area contributed by atoms with Gasteiger partial charge in [0.05, 0.1) is 48.4 Å². The van der Waals surface area contributed by atoms with E-state index in [1.54, 1.807) is 12.1 Å². The third kappa shape index (κ3) is 7.46. The van der Waals surface area contributed by atoms with Gasteiger partial charge >= 0.3 is 0 Å². The van der Waals surface area contributed by atoms with Crippen molar-refractivity contribution >= 4 is 44.4 Å². The molecule has 2 N–H and O–H groups in total. The van der Waals surface area contributed by atoms with Crippen LogP contribution in [-0.4, -0.2) is 76.2 Å². The third-order valence-electron chi connectivity index (χ3n) is 7.63. The number of anilines is 2. The molecule has 1 aromatic rings. The van der Waals surface area contributed by atoms with Gasteiger partial charge in [-0.05, 0) is 68.6 Å². The van der Waals surface area contributed by atoms with Crippen LogP contribution >= 0.6 is 12.2 Å². The van der Waals surface area contributed by atoms with E-state index in [9.17, 15) is 8.42 Å². The van der Waals surface area contributed by atoms with Crippen LogP contribution < -0.4 is 15.6 Å². The Balaban J connectivity index is 1.50. The second kappa shape index (κ2) is 12.9. The van der Waals surface area contributed by atoms with Crippen LogP contribution in [0, 0.1) is 11.3 Å². The molecule has 2 fully saturated rings. The number of nitrogens with zero attached hydrogens (tertiary/aromatic N) is 3. The molecule has 3 aliphatic rings. The quantitative estimate of drug-likeness (QED) is 0.217. The number of hydrogen-bond donors (Lipinski definition) is 2. The number of ether oxygens (including phenoxy) is 2. The topological polar surface area (TPSA) is 95.5 Å². The minimum absolute atomic E-state index is 0.211. The Hall–Kier alpha value is -2.31. The van der Waals surface area contributed by atoms with Crippen LogP contribution in [0.1, 0.15) is 40.5 Å². The maximum absolute atomic E-state index is 13.3. The van der Waals surface area contributed by atoms with Crippen LogP contribution in [0.15, 0.2) is 52.0 Å². The number of sulfonamides is 1. The predicted octanol–water partition coefficient (Wildman–Crippen LogP) is 4.15. The maximum atomic E-state index is 13.3. The summed E-state index contributed by atoms with van der Waals surface area (Å²) in [6.07, 6.45) is 8.86. The lowest BCUT2D eigenvalue weighted by atomic mass is 9.68.